The third-order valence-electron chi connectivity index (χ3n) is 2.32. The van der Waals surface area contributed by atoms with E-state index < -0.39 is 29.3 Å². The predicted molar refractivity (Wildman–Crippen MR) is 66.3 cm³/mol. The zero-order valence-corrected chi connectivity index (χ0v) is 12.1. The Bertz CT molecular complexity index is 306. The van der Waals surface area contributed by atoms with Crippen LogP contribution in [0.5, 0.6) is 0 Å². The average molecular weight is 261 g/mol. The second-order valence-electron chi connectivity index (χ2n) is 5.41. The van der Waals surface area contributed by atoms with Crippen LogP contribution in [-0.2, 0) is 19.0 Å². The monoisotopic (exact) mass is 261 g/mol. The van der Waals surface area contributed by atoms with Crippen molar-refractivity contribution in [3.63, 3.8) is 0 Å². The van der Waals surface area contributed by atoms with Crippen LogP contribution in [0.2, 0.25) is 0 Å². The molecule has 0 bridgehead atoms. The van der Waals surface area contributed by atoms with Crippen molar-refractivity contribution >= 4 is 12.1 Å². The number of amides is 1. The molecule has 0 aromatic heterocycles. The Hall–Kier alpha value is -1.30. The molecule has 18 heavy (non-hydrogen) atoms. The molecule has 1 atom stereocenters. The topological polar surface area (TPSA) is 73.9 Å². The molecule has 0 spiro atoms. The SMILES string of the molecule is COC(=O)C(NC(=O)OC(C)(C)C)C(C)(C)OC. The molecule has 6 nitrogen and oxygen atoms in total. The van der Waals surface area contributed by atoms with Gasteiger partial charge in [-0.15, -0.1) is 0 Å². The van der Waals surface area contributed by atoms with E-state index in [1.165, 1.54) is 14.2 Å². The molecule has 0 radical (unpaired) electrons. The number of methoxy groups -OCH3 is 2. The van der Waals surface area contributed by atoms with Crippen LogP contribution < -0.4 is 5.32 Å². The fourth-order valence-electron chi connectivity index (χ4n) is 1.18. The highest BCUT2D eigenvalue weighted by Crippen LogP contribution is 2.16. The van der Waals surface area contributed by atoms with Gasteiger partial charge in [-0.1, -0.05) is 0 Å². The number of esters is 1. The smallest absolute Gasteiger partial charge is 0.408 e. The molecule has 0 fully saturated rings. The molecular formula is C12H23NO5. The quantitative estimate of drug-likeness (QED) is 0.776. The van der Waals surface area contributed by atoms with Crippen molar-refractivity contribution in [1.82, 2.24) is 5.32 Å². The summed E-state index contributed by atoms with van der Waals surface area (Å²) < 4.78 is 14.9. The molecule has 1 amide bonds. The molecule has 0 aliphatic rings. The van der Waals surface area contributed by atoms with Crippen LogP contribution >= 0.6 is 0 Å². The van der Waals surface area contributed by atoms with Crippen LogP contribution in [0.3, 0.4) is 0 Å². The largest absolute Gasteiger partial charge is 0.467 e. The Labute approximate surface area is 108 Å². The first-order valence-corrected chi connectivity index (χ1v) is 5.66. The van der Waals surface area contributed by atoms with Crippen LogP contribution in [-0.4, -0.2) is 43.5 Å². The number of alkyl carbamates (subject to hydrolysis) is 1. The minimum atomic E-state index is -0.942. The minimum Gasteiger partial charge on any atom is -0.467 e. The fraction of sp³-hybridized carbons (Fsp3) is 0.833. The van der Waals surface area contributed by atoms with Gasteiger partial charge in [-0.3, -0.25) is 0 Å². The van der Waals surface area contributed by atoms with Crippen molar-refractivity contribution in [1.29, 1.82) is 0 Å². The number of rotatable bonds is 4. The van der Waals surface area contributed by atoms with Gasteiger partial charge in [0.05, 0.1) is 12.7 Å². The third-order valence-corrected chi connectivity index (χ3v) is 2.32. The first-order chi connectivity index (χ1) is 8.03. The maximum absolute atomic E-state index is 11.7. The van der Waals surface area contributed by atoms with Gasteiger partial charge in [-0.25, -0.2) is 9.59 Å². The second kappa shape index (κ2) is 6.04. The van der Waals surface area contributed by atoms with Gasteiger partial charge in [0.15, 0.2) is 6.04 Å². The Morgan fingerprint density at radius 2 is 1.56 bits per heavy atom. The highest BCUT2D eigenvalue weighted by molar-refractivity contribution is 5.82. The molecule has 6 heteroatoms. The lowest BCUT2D eigenvalue weighted by molar-refractivity contribution is -0.150. The van der Waals surface area contributed by atoms with Crippen molar-refractivity contribution in [2.75, 3.05) is 14.2 Å². The molecule has 0 aliphatic heterocycles. The molecular weight excluding hydrogens is 238 g/mol. The van der Waals surface area contributed by atoms with Gasteiger partial charge < -0.3 is 19.5 Å². The summed E-state index contributed by atoms with van der Waals surface area (Å²) >= 11 is 0. The van der Waals surface area contributed by atoms with Crippen LogP contribution in [0.25, 0.3) is 0 Å². The predicted octanol–water partition coefficient (Wildman–Crippen LogP) is 1.48. The maximum atomic E-state index is 11.7. The summed E-state index contributed by atoms with van der Waals surface area (Å²) in [6, 6.07) is -0.942. The van der Waals surface area contributed by atoms with E-state index in [2.05, 4.69) is 10.1 Å². The van der Waals surface area contributed by atoms with Crippen molar-refractivity contribution in [3.8, 4) is 0 Å². The number of carbonyl (C=O) groups excluding carboxylic acids is 2. The molecule has 0 heterocycles. The van der Waals surface area contributed by atoms with Gasteiger partial charge in [-0.2, -0.15) is 0 Å². The van der Waals surface area contributed by atoms with E-state index >= 15 is 0 Å². The van der Waals surface area contributed by atoms with E-state index in [4.69, 9.17) is 9.47 Å². The zero-order chi connectivity index (χ0) is 14.6. The van der Waals surface area contributed by atoms with Crippen molar-refractivity contribution in [2.24, 2.45) is 0 Å². The summed E-state index contributed by atoms with van der Waals surface area (Å²) in [5, 5.41) is 2.45. The third kappa shape index (κ3) is 5.35. The lowest BCUT2D eigenvalue weighted by atomic mass is 9.99. The normalized spacial score (nSPS) is 13.7. The molecule has 106 valence electrons. The van der Waals surface area contributed by atoms with E-state index in [1.807, 2.05) is 0 Å². The van der Waals surface area contributed by atoms with Crippen molar-refractivity contribution in [3.05, 3.63) is 0 Å². The number of carbonyl (C=O) groups is 2. The van der Waals surface area contributed by atoms with Crippen LogP contribution in [0, 0.1) is 0 Å². The molecule has 1 N–H and O–H groups in total. The van der Waals surface area contributed by atoms with Gasteiger partial charge >= 0.3 is 12.1 Å². The van der Waals surface area contributed by atoms with E-state index in [9.17, 15) is 9.59 Å². The van der Waals surface area contributed by atoms with Crippen LogP contribution in [0.15, 0.2) is 0 Å². The van der Waals surface area contributed by atoms with Gasteiger partial charge in [0.2, 0.25) is 0 Å². The van der Waals surface area contributed by atoms with Gasteiger partial charge in [-0.05, 0) is 34.6 Å². The average Bonchev–Trinajstić information content (AvgIpc) is 2.22. The molecule has 0 aromatic carbocycles. The van der Waals surface area contributed by atoms with Gasteiger partial charge in [0.25, 0.3) is 0 Å². The fourth-order valence-corrected chi connectivity index (χ4v) is 1.18. The lowest BCUT2D eigenvalue weighted by Gasteiger charge is -2.32. The summed E-state index contributed by atoms with van der Waals surface area (Å²) in [5.74, 6) is -0.590. The first-order valence-electron chi connectivity index (χ1n) is 5.66. The lowest BCUT2D eigenvalue weighted by Crippen LogP contribution is -2.56. The molecule has 0 aliphatic carbocycles. The molecule has 0 aromatic rings. The minimum absolute atomic E-state index is 0.590. The van der Waals surface area contributed by atoms with E-state index in [0.717, 1.165) is 0 Å². The maximum Gasteiger partial charge on any atom is 0.408 e. The molecule has 0 saturated carbocycles. The highest BCUT2D eigenvalue weighted by Gasteiger charge is 2.38. The highest BCUT2D eigenvalue weighted by atomic mass is 16.6. The van der Waals surface area contributed by atoms with Gasteiger partial charge in [0.1, 0.15) is 5.60 Å². The second-order valence-corrected chi connectivity index (χ2v) is 5.41. The van der Waals surface area contributed by atoms with E-state index in [1.54, 1.807) is 34.6 Å². The summed E-state index contributed by atoms with van der Waals surface area (Å²) in [6.07, 6.45) is -0.692. The number of hydrogen-bond donors (Lipinski definition) is 1. The molecule has 1 unspecified atom stereocenters. The number of nitrogens with one attached hydrogen (secondary N) is 1. The van der Waals surface area contributed by atoms with Crippen LogP contribution in [0.4, 0.5) is 4.79 Å². The van der Waals surface area contributed by atoms with Gasteiger partial charge in [0, 0.05) is 7.11 Å². The van der Waals surface area contributed by atoms with Crippen molar-refractivity contribution in [2.45, 2.75) is 51.9 Å². The Morgan fingerprint density at radius 3 is 1.89 bits per heavy atom. The Kier molecular flexibility index (Phi) is 5.60. The molecule has 0 rings (SSSR count). The Morgan fingerprint density at radius 1 is 1.06 bits per heavy atom. The van der Waals surface area contributed by atoms with E-state index in [0.29, 0.717) is 0 Å². The summed E-state index contributed by atoms with van der Waals surface area (Å²) in [6.45, 7) is 8.56. The zero-order valence-electron chi connectivity index (χ0n) is 12.1. The number of hydrogen-bond acceptors (Lipinski definition) is 5. The first kappa shape index (κ1) is 16.7. The summed E-state index contributed by atoms with van der Waals surface area (Å²) in [7, 11) is 2.70. The van der Waals surface area contributed by atoms with Crippen LogP contribution in [0.1, 0.15) is 34.6 Å². The van der Waals surface area contributed by atoms with Crippen molar-refractivity contribution < 1.29 is 23.8 Å². The molecule has 0 saturated heterocycles. The summed E-state index contributed by atoms with van der Waals surface area (Å²) in [4.78, 5) is 23.3. The standard InChI is InChI=1S/C12H23NO5/c1-11(2,3)18-10(15)13-8(9(14)16-6)12(4,5)17-7/h8H,1-7H3,(H,13,15). The number of ether oxygens (including phenoxy) is 3. The van der Waals surface area contributed by atoms with E-state index in [-0.39, 0.29) is 0 Å². The Balaban J connectivity index is 4.82. The summed E-state index contributed by atoms with van der Waals surface area (Å²) in [5.41, 5.74) is -1.54.